The van der Waals surface area contributed by atoms with Gasteiger partial charge in [0.2, 0.25) is 5.88 Å². The first-order valence-corrected chi connectivity index (χ1v) is 7.30. The molecule has 1 aliphatic heterocycles. The Balaban J connectivity index is 1.57. The molecule has 0 radical (unpaired) electrons. The van der Waals surface area contributed by atoms with E-state index in [0.29, 0.717) is 24.7 Å². The standard InChI is InChI=1S/C15H20N2O4/c1-19-14-5-2-10(9-16-14)15(18)17-11-3-4-12-13(8-11)21-7-6-20-12/h2,5,9,11-13H,3-4,6-8H2,1H3,(H,17,18). The zero-order valence-corrected chi connectivity index (χ0v) is 12.1. The SMILES string of the molecule is COc1ccc(C(=O)NC2CCC3OCCOC3C2)cn1. The number of pyridine rings is 1. The molecule has 2 fully saturated rings. The van der Waals surface area contributed by atoms with E-state index < -0.39 is 0 Å². The number of methoxy groups -OCH3 is 1. The van der Waals surface area contributed by atoms with Crippen molar-refractivity contribution in [1.82, 2.24) is 10.3 Å². The summed E-state index contributed by atoms with van der Waals surface area (Å²) in [6.45, 7) is 1.32. The summed E-state index contributed by atoms with van der Waals surface area (Å²) in [6, 6.07) is 3.53. The summed E-state index contributed by atoms with van der Waals surface area (Å²) in [5, 5.41) is 3.05. The number of hydrogen-bond acceptors (Lipinski definition) is 5. The molecule has 1 aromatic rings. The van der Waals surface area contributed by atoms with Crippen molar-refractivity contribution in [2.24, 2.45) is 0 Å². The van der Waals surface area contributed by atoms with Crippen LogP contribution in [-0.4, -0.2) is 49.5 Å². The van der Waals surface area contributed by atoms with Crippen LogP contribution in [0.25, 0.3) is 0 Å². The van der Waals surface area contributed by atoms with Crippen LogP contribution < -0.4 is 10.1 Å². The second-order valence-corrected chi connectivity index (χ2v) is 5.39. The van der Waals surface area contributed by atoms with E-state index in [9.17, 15) is 4.79 Å². The highest BCUT2D eigenvalue weighted by molar-refractivity contribution is 5.94. The second kappa shape index (κ2) is 6.41. The molecule has 1 aromatic heterocycles. The number of nitrogens with zero attached hydrogens (tertiary/aromatic N) is 1. The van der Waals surface area contributed by atoms with Gasteiger partial charge in [-0.3, -0.25) is 4.79 Å². The van der Waals surface area contributed by atoms with E-state index in [1.165, 1.54) is 6.20 Å². The van der Waals surface area contributed by atoms with Crippen LogP contribution in [0.15, 0.2) is 18.3 Å². The van der Waals surface area contributed by atoms with Crippen LogP contribution in [0, 0.1) is 0 Å². The van der Waals surface area contributed by atoms with Crippen molar-refractivity contribution < 1.29 is 19.0 Å². The Morgan fingerprint density at radius 1 is 1.29 bits per heavy atom. The summed E-state index contributed by atoms with van der Waals surface area (Å²) < 4.78 is 16.4. The van der Waals surface area contributed by atoms with Crippen molar-refractivity contribution in [2.45, 2.75) is 37.5 Å². The van der Waals surface area contributed by atoms with Gasteiger partial charge in [0.1, 0.15) is 0 Å². The Hall–Kier alpha value is -1.66. The Morgan fingerprint density at radius 2 is 2.10 bits per heavy atom. The minimum absolute atomic E-state index is 0.104. The van der Waals surface area contributed by atoms with Crippen molar-refractivity contribution in [2.75, 3.05) is 20.3 Å². The number of amides is 1. The number of carbonyl (C=O) groups excluding carboxylic acids is 1. The van der Waals surface area contributed by atoms with Crippen molar-refractivity contribution in [1.29, 1.82) is 0 Å². The van der Waals surface area contributed by atoms with E-state index >= 15 is 0 Å². The minimum Gasteiger partial charge on any atom is -0.481 e. The van der Waals surface area contributed by atoms with Crippen LogP contribution in [0.2, 0.25) is 0 Å². The third-order valence-electron chi connectivity index (χ3n) is 4.02. The first-order valence-electron chi connectivity index (χ1n) is 7.30. The quantitative estimate of drug-likeness (QED) is 0.905. The molecule has 0 bridgehead atoms. The molecule has 3 unspecified atom stereocenters. The lowest BCUT2D eigenvalue weighted by Gasteiger charge is -2.39. The number of ether oxygens (including phenoxy) is 3. The molecule has 1 aliphatic carbocycles. The molecule has 3 rings (SSSR count). The normalized spacial score (nSPS) is 28.5. The average Bonchev–Trinajstić information content (AvgIpc) is 2.55. The van der Waals surface area contributed by atoms with Crippen LogP contribution in [-0.2, 0) is 9.47 Å². The predicted octanol–water partition coefficient (Wildman–Crippen LogP) is 1.16. The van der Waals surface area contributed by atoms with Gasteiger partial charge in [0.25, 0.3) is 5.91 Å². The van der Waals surface area contributed by atoms with Crippen LogP contribution >= 0.6 is 0 Å². The van der Waals surface area contributed by atoms with E-state index in [2.05, 4.69) is 10.3 Å². The maximum absolute atomic E-state index is 12.2. The molecule has 2 aliphatic rings. The fourth-order valence-electron chi connectivity index (χ4n) is 2.90. The van der Waals surface area contributed by atoms with Gasteiger partial charge in [-0.15, -0.1) is 0 Å². The highest BCUT2D eigenvalue weighted by Gasteiger charge is 2.34. The zero-order valence-electron chi connectivity index (χ0n) is 12.1. The van der Waals surface area contributed by atoms with E-state index in [1.807, 2.05) is 0 Å². The minimum atomic E-state index is -0.106. The molecule has 21 heavy (non-hydrogen) atoms. The zero-order chi connectivity index (χ0) is 14.7. The highest BCUT2D eigenvalue weighted by Crippen LogP contribution is 2.27. The molecule has 0 aromatic carbocycles. The Kier molecular flexibility index (Phi) is 4.36. The summed E-state index contributed by atoms with van der Waals surface area (Å²) in [6.07, 6.45) is 4.47. The average molecular weight is 292 g/mol. The van der Waals surface area contributed by atoms with E-state index in [0.717, 1.165) is 19.3 Å². The van der Waals surface area contributed by atoms with Crippen LogP contribution in [0.3, 0.4) is 0 Å². The molecule has 6 heteroatoms. The van der Waals surface area contributed by atoms with Crippen LogP contribution in [0.4, 0.5) is 0 Å². The van der Waals surface area contributed by atoms with Gasteiger partial charge in [0.15, 0.2) is 0 Å². The molecule has 6 nitrogen and oxygen atoms in total. The molecule has 2 heterocycles. The molecule has 1 N–H and O–H groups in total. The Labute approximate surface area is 123 Å². The number of rotatable bonds is 3. The molecule has 3 atom stereocenters. The third-order valence-corrected chi connectivity index (χ3v) is 4.02. The van der Waals surface area contributed by atoms with Crippen molar-refractivity contribution in [3.63, 3.8) is 0 Å². The van der Waals surface area contributed by atoms with Gasteiger partial charge >= 0.3 is 0 Å². The van der Waals surface area contributed by atoms with E-state index in [-0.39, 0.29) is 24.2 Å². The maximum atomic E-state index is 12.2. The van der Waals surface area contributed by atoms with E-state index in [1.54, 1.807) is 19.2 Å². The number of hydrogen-bond donors (Lipinski definition) is 1. The summed E-state index contributed by atoms with van der Waals surface area (Å²) >= 11 is 0. The van der Waals surface area contributed by atoms with Crippen LogP contribution in [0.1, 0.15) is 29.6 Å². The number of nitrogens with one attached hydrogen (secondary N) is 1. The Morgan fingerprint density at radius 3 is 2.81 bits per heavy atom. The first kappa shape index (κ1) is 14.3. The smallest absolute Gasteiger partial charge is 0.253 e. The monoisotopic (exact) mass is 292 g/mol. The molecule has 0 spiro atoms. The van der Waals surface area contributed by atoms with Gasteiger partial charge in [-0.2, -0.15) is 0 Å². The molecular weight excluding hydrogens is 272 g/mol. The summed E-state index contributed by atoms with van der Waals surface area (Å²) in [5.74, 6) is 0.394. The van der Waals surface area contributed by atoms with Gasteiger partial charge in [0.05, 0.1) is 38.1 Å². The summed E-state index contributed by atoms with van der Waals surface area (Å²) in [7, 11) is 1.55. The lowest BCUT2D eigenvalue weighted by molar-refractivity contribution is -0.157. The summed E-state index contributed by atoms with van der Waals surface area (Å²) in [5.41, 5.74) is 0.540. The molecule has 1 saturated heterocycles. The Bertz CT molecular complexity index is 491. The van der Waals surface area contributed by atoms with Crippen LogP contribution in [0.5, 0.6) is 5.88 Å². The van der Waals surface area contributed by atoms with Gasteiger partial charge in [-0.25, -0.2) is 4.98 Å². The molecule has 114 valence electrons. The topological polar surface area (TPSA) is 69.7 Å². The predicted molar refractivity (Wildman–Crippen MR) is 75.4 cm³/mol. The molecule has 1 saturated carbocycles. The first-order chi connectivity index (χ1) is 10.3. The van der Waals surface area contributed by atoms with Gasteiger partial charge in [0, 0.05) is 18.3 Å². The van der Waals surface area contributed by atoms with Crippen molar-refractivity contribution >= 4 is 5.91 Å². The number of aromatic nitrogens is 1. The van der Waals surface area contributed by atoms with Gasteiger partial charge in [-0.1, -0.05) is 0 Å². The molecular formula is C15H20N2O4. The maximum Gasteiger partial charge on any atom is 0.253 e. The number of carbonyl (C=O) groups is 1. The largest absolute Gasteiger partial charge is 0.481 e. The fourth-order valence-corrected chi connectivity index (χ4v) is 2.90. The lowest BCUT2D eigenvalue weighted by atomic mass is 9.89. The van der Waals surface area contributed by atoms with Crippen molar-refractivity contribution in [3.05, 3.63) is 23.9 Å². The highest BCUT2D eigenvalue weighted by atomic mass is 16.6. The second-order valence-electron chi connectivity index (χ2n) is 5.39. The fraction of sp³-hybridized carbons (Fsp3) is 0.600. The van der Waals surface area contributed by atoms with Gasteiger partial charge in [-0.05, 0) is 25.3 Å². The lowest BCUT2D eigenvalue weighted by Crippen LogP contribution is -2.49. The summed E-state index contributed by atoms with van der Waals surface area (Å²) in [4.78, 5) is 16.3. The number of fused-ring (bicyclic) bond motifs is 1. The molecule has 1 amide bonds. The third kappa shape index (κ3) is 3.33. The van der Waals surface area contributed by atoms with Gasteiger partial charge < -0.3 is 19.5 Å². The van der Waals surface area contributed by atoms with E-state index in [4.69, 9.17) is 14.2 Å². The van der Waals surface area contributed by atoms with Crippen molar-refractivity contribution in [3.8, 4) is 5.88 Å².